The summed E-state index contributed by atoms with van der Waals surface area (Å²) in [5.74, 6) is -0.239. The summed E-state index contributed by atoms with van der Waals surface area (Å²) in [4.78, 5) is 27.1. The van der Waals surface area contributed by atoms with Crippen LogP contribution in [-0.2, 0) is 6.42 Å². The molecule has 2 aromatic heterocycles. The normalized spacial score (nSPS) is 13.4. The third-order valence-corrected chi connectivity index (χ3v) is 6.04. The van der Waals surface area contributed by atoms with Gasteiger partial charge in [0.15, 0.2) is 5.82 Å². The zero-order chi connectivity index (χ0) is 21.7. The van der Waals surface area contributed by atoms with Crippen LogP contribution in [0.5, 0.6) is 0 Å². The van der Waals surface area contributed by atoms with E-state index in [9.17, 15) is 9.90 Å². The van der Waals surface area contributed by atoms with Crippen LogP contribution in [0.1, 0.15) is 22.3 Å². The molecule has 0 spiro atoms. The van der Waals surface area contributed by atoms with Crippen LogP contribution in [0.25, 0.3) is 33.3 Å². The largest absolute Gasteiger partial charge is 0.478 e. The van der Waals surface area contributed by atoms with E-state index in [1.54, 1.807) is 18.2 Å². The summed E-state index contributed by atoms with van der Waals surface area (Å²) in [6.45, 7) is 0.822. The molecule has 0 aliphatic carbocycles. The fourth-order valence-electron chi connectivity index (χ4n) is 4.50. The Hall–Kier alpha value is -4.19. The van der Waals surface area contributed by atoms with Crippen LogP contribution in [0, 0.1) is 0 Å². The highest BCUT2D eigenvalue weighted by molar-refractivity contribution is 5.95. The molecule has 0 saturated carbocycles. The Kier molecular flexibility index (Phi) is 4.18. The number of benzene rings is 3. The molecule has 5 aromatic rings. The number of H-pyrrole nitrogens is 1. The lowest BCUT2D eigenvalue weighted by atomic mass is 10.0. The molecule has 0 saturated heterocycles. The van der Waals surface area contributed by atoms with Crippen molar-refractivity contribution in [2.24, 2.45) is 0 Å². The molecule has 0 radical (unpaired) electrons. The molecule has 6 rings (SSSR count). The zero-order valence-electron chi connectivity index (χ0n) is 17.2. The first-order valence-corrected chi connectivity index (χ1v) is 10.7. The molecular formula is C26H20N4O2. The molecule has 3 aromatic carbocycles. The average molecular weight is 420 g/mol. The summed E-state index contributed by atoms with van der Waals surface area (Å²) < 4.78 is 0. The maximum absolute atomic E-state index is 11.5. The second-order valence-electron chi connectivity index (χ2n) is 8.06. The number of aromatic amines is 1. The number of aromatic nitrogens is 3. The summed E-state index contributed by atoms with van der Waals surface area (Å²) >= 11 is 0. The van der Waals surface area contributed by atoms with E-state index >= 15 is 0 Å². The van der Waals surface area contributed by atoms with Gasteiger partial charge in [-0.2, -0.15) is 0 Å². The summed E-state index contributed by atoms with van der Waals surface area (Å²) in [5, 5.41) is 10.5. The molecule has 0 bridgehead atoms. The van der Waals surface area contributed by atoms with Gasteiger partial charge in [-0.1, -0.05) is 36.4 Å². The fourth-order valence-corrected chi connectivity index (χ4v) is 4.50. The van der Waals surface area contributed by atoms with Crippen molar-refractivity contribution in [1.82, 2.24) is 15.0 Å². The number of anilines is 2. The highest BCUT2D eigenvalue weighted by Crippen LogP contribution is 2.38. The van der Waals surface area contributed by atoms with Crippen LogP contribution in [0.15, 0.2) is 72.8 Å². The second kappa shape index (κ2) is 7.20. The van der Waals surface area contributed by atoms with Crippen molar-refractivity contribution in [2.45, 2.75) is 12.8 Å². The second-order valence-corrected chi connectivity index (χ2v) is 8.06. The Labute approximate surface area is 184 Å². The molecule has 1 aliphatic rings. The van der Waals surface area contributed by atoms with Gasteiger partial charge in [-0.05, 0) is 54.8 Å². The van der Waals surface area contributed by atoms with E-state index in [4.69, 9.17) is 9.97 Å². The number of carbonyl (C=O) groups is 1. The van der Waals surface area contributed by atoms with Gasteiger partial charge in [-0.3, -0.25) is 0 Å². The van der Waals surface area contributed by atoms with Gasteiger partial charge < -0.3 is 15.0 Å². The number of aromatic carboxylic acids is 1. The predicted molar refractivity (Wildman–Crippen MR) is 126 cm³/mol. The van der Waals surface area contributed by atoms with Crippen molar-refractivity contribution < 1.29 is 9.90 Å². The summed E-state index contributed by atoms with van der Waals surface area (Å²) in [7, 11) is 0. The monoisotopic (exact) mass is 420 g/mol. The summed E-state index contributed by atoms with van der Waals surface area (Å²) in [6, 6.07) is 23.5. The number of hydrogen-bond donors (Lipinski definition) is 2. The van der Waals surface area contributed by atoms with Crippen LogP contribution < -0.4 is 4.90 Å². The number of rotatable bonds is 3. The van der Waals surface area contributed by atoms with Crippen LogP contribution in [0.4, 0.5) is 11.5 Å². The number of para-hydroxylation sites is 2. The Morgan fingerprint density at radius 2 is 1.78 bits per heavy atom. The van der Waals surface area contributed by atoms with E-state index in [1.165, 1.54) is 5.56 Å². The van der Waals surface area contributed by atoms with Gasteiger partial charge in [-0.25, -0.2) is 14.8 Å². The number of aryl methyl sites for hydroxylation is 1. The lowest BCUT2D eigenvalue weighted by Gasteiger charge is -2.31. The van der Waals surface area contributed by atoms with Crippen molar-refractivity contribution in [2.75, 3.05) is 11.4 Å². The van der Waals surface area contributed by atoms with Crippen molar-refractivity contribution in [3.8, 4) is 11.4 Å². The summed E-state index contributed by atoms with van der Waals surface area (Å²) in [6.07, 6.45) is 2.04. The van der Waals surface area contributed by atoms with Gasteiger partial charge in [0.2, 0.25) is 0 Å². The fraction of sp³-hybridized carbons (Fsp3) is 0.115. The molecule has 32 heavy (non-hydrogen) atoms. The minimum absolute atomic E-state index is 0.204. The Morgan fingerprint density at radius 1 is 0.938 bits per heavy atom. The van der Waals surface area contributed by atoms with Gasteiger partial charge >= 0.3 is 5.97 Å². The van der Waals surface area contributed by atoms with Crippen molar-refractivity contribution in [3.63, 3.8) is 0 Å². The minimum Gasteiger partial charge on any atom is -0.478 e. The molecule has 0 unspecified atom stereocenters. The number of carboxylic acids is 1. The smallest absolute Gasteiger partial charge is 0.335 e. The Balaban J connectivity index is 1.62. The number of fused-ring (bicyclic) bond motifs is 3. The first-order chi connectivity index (χ1) is 15.7. The van der Waals surface area contributed by atoms with E-state index in [1.807, 2.05) is 24.3 Å². The molecule has 0 atom stereocenters. The molecule has 0 fully saturated rings. The van der Waals surface area contributed by atoms with Crippen molar-refractivity contribution in [1.29, 1.82) is 0 Å². The number of carboxylic acid groups (broad SMARTS) is 1. The third-order valence-electron chi connectivity index (χ3n) is 6.04. The predicted octanol–water partition coefficient (Wildman–Crippen LogP) is 5.56. The third kappa shape index (κ3) is 3.00. The van der Waals surface area contributed by atoms with Crippen molar-refractivity contribution >= 4 is 39.4 Å². The maximum atomic E-state index is 11.5. The minimum atomic E-state index is -0.974. The average Bonchev–Trinajstić information content (AvgIpc) is 3.26. The van der Waals surface area contributed by atoms with Gasteiger partial charge in [-0.15, -0.1) is 0 Å². The first-order valence-electron chi connectivity index (χ1n) is 10.7. The standard InChI is InChI=1S/C26H20N4O2/c31-26(32)18-11-12-20-21(15-18)29-25(30-13-5-8-16-6-2-4-10-23(16)30)24(28-20)22-14-17-7-1-3-9-19(17)27-22/h1-4,6-7,9-12,14-15,27H,5,8,13H2,(H,31,32). The first kappa shape index (κ1) is 18.6. The summed E-state index contributed by atoms with van der Waals surface area (Å²) in [5.41, 5.74) is 6.53. The zero-order valence-corrected chi connectivity index (χ0v) is 17.2. The van der Waals surface area contributed by atoms with E-state index in [2.05, 4.69) is 40.2 Å². The van der Waals surface area contributed by atoms with Gasteiger partial charge in [0, 0.05) is 23.1 Å². The van der Waals surface area contributed by atoms with Gasteiger partial charge in [0.05, 0.1) is 22.3 Å². The highest BCUT2D eigenvalue weighted by atomic mass is 16.4. The molecular weight excluding hydrogens is 400 g/mol. The van der Waals surface area contributed by atoms with Crippen LogP contribution in [0.2, 0.25) is 0 Å². The molecule has 1 aliphatic heterocycles. The van der Waals surface area contributed by atoms with Gasteiger partial charge in [0.1, 0.15) is 5.69 Å². The topological polar surface area (TPSA) is 82.1 Å². The van der Waals surface area contributed by atoms with E-state index < -0.39 is 5.97 Å². The lowest BCUT2D eigenvalue weighted by molar-refractivity contribution is 0.0697. The maximum Gasteiger partial charge on any atom is 0.335 e. The van der Waals surface area contributed by atoms with Crippen LogP contribution in [-0.4, -0.2) is 32.6 Å². The lowest BCUT2D eigenvalue weighted by Crippen LogP contribution is -2.26. The highest BCUT2D eigenvalue weighted by Gasteiger charge is 2.24. The molecule has 6 nitrogen and oxygen atoms in total. The van der Waals surface area contributed by atoms with E-state index in [0.717, 1.165) is 53.2 Å². The van der Waals surface area contributed by atoms with Crippen LogP contribution >= 0.6 is 0 Å². The molecule has 156 valence electrons. The Bertz CT molecular complexity index is 1470. The number of nitrogens with zero attached hydrogens (tertiary/aromatic N) is 3. The molecule has 2 N–H and O–H groups in total. The quantitative estimate of drug-likeness (QED) is 0.399. The van der Waals surface area contributed by atoms with Crippen LogP contribution in [0.3, 0.4) is 0 Å². The van der Waals surface area contributed by atoms with Gasteiger partial charge in [0.25, 0.3) is 0 Å². The molecule has 6 heteroatoms. The van der Waals surface area contributed by atoms with E-state index in [0.29, 0.717) is 11.0 Å². The number of nitrogens with one attached hydrogen (secondary N) is 1. The van der Waals surface area contributed by atoms with E-state index in [-0.39, 0.29) is 5.56 Å². The molecule has 3 heterocycles. The Morgan fingerprint density at radius 3 is 2.66 bits per heavy atom. The molecule has 0 amide bonds. The van der Waals surface area contributed by atoms with Crippen molar-refractivity contribution in [3.05, 3.63) is 83.9 Å². The number of hydrogen-bond acceptors (Lipinski definition) is 4. The SMILES string of the molecule is O=C(O)c1ccc2nc(-c3cc4ccccc4[nH]3)c(N3CCCc4ccccc43)nc2c1.